The second kappa shape index (κ2) is 5.58. The molecule has 0 saturated heterocycles. The molecule has 0 fully saturated rings. The van der Waals surface area contributed by atoms with Crippen molar-refractivity contribution >= 4 is 10.8 Å². The Labute approximate surface area is 85.1 Å². The SMILES string of the molecule is C=CCC[C@H](C)C[S@](=O)C(C)(C)C. The van der Waals surface area contributed by atoms with Gasteiger partial charge in [0.15, 0.2) is 0 Å². The molecule has 78 valence electrons. The van der Waals surface area contributed by atoms with Gasteiger partial charge in [-0.15, -0.1) is 6.58 Å². The summed E-state index contributed by atoms with van der Waals surface area (Å²) < 4.78 is 11.7. The maximum Gasteiger partial charge on any atom is 0.0375 e. The maximum atomic E-state index is 11.7. The molecule has 1 nitrogen and oxygen atoms in total. The summed E-state index contributed by atoms with van der Waals surface area (Å²) in [6.07, 6.45) is 4.06. The van der Waals surface area contributed by atoms with Gasteiger partial charge >= 0.3 is 0 Å². The lowest BCUT2D eigenvalue weighted by molar-refractivity contribution is 0.579. The van der Waals surface area contributed by atoms with E-state index in [-0.39, 0.29) is 4.75 Å². The van der Waals surface area contributed by atoms with Gasteiger partial charge in [0.05, 0.1) is 0 Å². The van der Waals surface area contributed by atoms with Crippen molar-refractivity contribution in [2.75, 3.05) is 5.75 Å². The number of allylic oxidation sites excluding steroid dienone is 1. The van der Waals surface area contributed by atoms with Crippen LogP contribution >= 0.6 is 0 Å². The summed E-state index contributed by atoms with van der Waals surface area (Å²) in [5.41, 5.74) is 0. The van der Waals surface area contributed by atoms with Crippen molar-refractivity contribution in [3.8, 4) is 0 Å². The first-order valence-corrected chi connectivity index (χ1v) is 6.19. The standard InChI is InChI=1S/C11H22OS/c1-6-7-8-10(2)9-13(12)11(3,4)5/h6,10H,1,7-9H2,2-5H3/t10-,13-/m0/s1. The summed E-state index contributed by atoms with van der Waals surface area (Å²) in [6.45, 7) is 11.9. The van der Waals surface area contributed by atoms with E-state index in [1.165, 1.54) is 0 Å². The van der Waals surface area contributed by atoms with Crippen LogP contribution in [0.2, 0.25) is 0 Å². The average Bonchev–Trinajstić information content (AvgIpc) is 1.99. The van der Waals surface area contributed by atoms with Crippen LogP contribution in [0.5, 0.6) is 0 Å². The van der Waals surface area contributed by atoms with Crippen molar-refractivity contribution in [1.29, 1.82) is 0 Å². The smallest absolute Gasteiger partial charge is 0.0375 e. The molecule has 0 aliphatic carbocycles. The fourth-order valence-corrected chi connectivity index (χ4v) is 2.18. The Morgan fingerprint density at radius 1 is 1.46 bits per heavy atom. The predicted molar refractivity (Wildman–Crippen MR) is 61.4 cm³/mol. The van der Waals surface area contributed by atoms with Crippen LogP contribution in [0.25, 0.3) is 0 Å². The van der Waals surface area contributed by atoms with E-state index >= 15 is 0 Å². The van der Waals surface area contributed by atoms with Crippen molar-refractivity contribution in [2.45, 2.75) is 45.3 Å². The topological polar surface area (TPSA) is 17.1 Å². The second-order valence-electron chi connectivity index (χ2n) is 4.60. The van der Waals surface area contributed by atoms with E-state index in [9.17, 15) is 4.21 Å². The highest BCUT2D eigenvalue weighted by atomic mass is 32.2. The first-order chi connectivity index (χ1) is 5.88. The minimum absolute atomic E-state index is 0.0670. The fourth-order valence-electron chi connectivity index (χ4n) is 0.994. The summed E-state index contributed by atoms with van der Waals surface area (Å²) in [5.74, 6) is 1.36. The summed E-state index contributed by atoms with van der Waals surface area (Å²) in [4.78, 5) is 0. The number of rotatable bonds is 5. The molecule has 0 spiro atoms. The van der Waals surface area contributed by atoms with Crippen molar-refractivity contribution in [1.82, 2.24) is 0 Å². The summed E-state index contributed by atoms with van der Waals surface area (Å²) >= 11 is 0. The number of hydrogen-bond acceptors (Lipinski definition) is 1. The minimum Gasteiger partial charge on any atom is -0.259 e. The van der Waals surface area contributed by atoms with Gasteiger partial charge in [-0.1, -0.05) is 13.0 Å². The monoisotopic (exact) mass is 202 g/mol. The molecule has 13 heavy (non-hydrogen) atoms. The minimum atomic E-state index is -0.705. The zero-order valence-corrected chi connectivity index (χ0v) is 10.1. The van der Waals surface area contributed by atoms with Crippen molar-refractivity contribution < 1.29 is 4.21 Å². The lowest BCUT2D eigenvalue weighted by atomic mass is 10.1. The van der Waals surface area contributed by atoms with E-state index in [1.807, 2.05) is 26.8 Å². The Hall–Kier alpha value is -0.110. The summed E-state index contributed by atoms with van der Waals surface area (Å²) in [7, 11) is -0.705. The molecule has 0 aromatic carbocycles. The maximum absolute atomic E-state index is 11.7. The van der Waals surface area contributed by atoms with Gasteiger partial charge in [0, 0.05) is 21.3 Å². The Morgan fingerprint density at radius 2 is 2.00 bits per heavy atom. The normalized spacial score (nSPS) is 16.6. The Kier molecular flexibility index (Phi) is 5.54. The highest BCUT2D eigenvalue weighted by Crippen LogP contribution is 2.16. The molecule has 2 atom stereocenters. The molecular formula is C11H22OS. The molecule has 0 N–H and O–H groups in total. The van der Waals surface area contributed by atoms with Crippen molar-refractivity contribution in [2.24, 2.45) is 5.92 Å². The van der Waals surface area contributed by atoms with Crippen molar-refractivity contribution in [3.63, 3.8) is 0 Å². The van der Waals surface area contributed by atoms with E-state index in [4.69, 9.17) is 0 Å². The first kappa shape index (κ1) is 12.9. The molecule has 0 unspecified atom stereocenters. The number of hydrogen-bond donors (Lipinski definition) is 0. The summed E-state index contributed by atoms with van der Waals surface area (Å²) in [5, 5.41) is 0. The van der Waals surface area contributed by atoms with E-state index < -0.39 is 10.8 Å². The van der Waals surface area contributed by atoms with Gasteiger partial charge in [-0.25, -0.2) is 0 Å². The third-order valence-electron chi connectivity index (χ3n) is 1.98. The molecule has 0 rings (SSSR count). The van der Waals surface area contributed by atoms with Gasteiger partial charge in [0.2, 0.25) is 0 Å². The van der Waals surface area contributed by atoms with Gasteiger partial charge in [0.25, 0.3) is 0 Å². The van der Waals surface area contributed by atoms with Crippen LogP contribution < -0.4 is 0 Å². The van der Waals surface area contributed by atoms with E-state index in [0.717, 1.165) is 18.6 Å². The van der Waals surface area contributed by atoms with Crippen LogP contribution in [0.1, 0.15) is 40.5 Å². The largest absolute Gasteiger partial charge is 0.259 e. The van der Waals surface area contributed by atoms with Crippen LogP contribution in [0, 0.1) is 5.92 Å². The molecule has 0 bridgehead atoms. The van der Waals surface area contributed by atoms with Gasteiger partial charge in [0.1, 0.15) is 0 Å². The third-order valence-corrected chi connectivity index (χ3v) is 4.22. The fraction of sp³-hybridized carbons (Fsp3) is 0.818. The molecule has 0 aromatic heterocycles. The molecule has 2 heteroatoms. The van der Waals surface area contributed by atoms with Gasteiger partial charge in [-0.2, -0.15) is 0 Å². The molecule has 0 amide bonds. The molecule has 0 aromatic rings. The van der Waals surface area contributed by atoms with Gasteiger partial charge in [-0.05, 0) is 39.5 Å². The molecule has 0 saturated carbocycles. The Bertz CT molecular complexity index is 179. The van der Waals surface area contributed by atoms with Crippen LogP contribution in [-0.4, -0.2) is 14.7 Å². The first-order valence-electron chi connectivity index (χ1n) is 4.87. The lowest BCUT2D eigenvalue weighted by Gasteiger charge is -2.20. The Balaban J connectivity index is 3.85. The van der Waals surface area contributed by atoms with Crippen molar-refractivity contribution in [3.05, 3.63) is 12.7 Å². The zero-order valence-electron chi connectivity index (χ0n) is 9.30. The molecular weight excluding hydrogens is 180 g/mol. The predicted octanol–water partition coefficient (Wildman–Crippen LogP) is 3.14. The molecule has 0 heterocycles. The highest BCUT2D eigenvalue weighted by molar-refractivity contribution is 7.86. The van der Waals surface area contributed by atoms with Crippen LogP contribution in [0.3, 0.4) is 0 Å². The van der Waals surface area contributed by atoms with Gasteiger partial charge in [-0.3, -0.25) is 4.21 Å². The molecule has 0 aliphatic rings. The molecule has 0 radical (unpaired) electrons. The lowest BCUT2D eigenvalue weighted by Crippen LogP contribution is -2.26. The van der Waals surface area contributed by atoms with E-state index in [1.54, 1.807) is 0 Å². The Morgan fingerprint density at radius 3 is 2.38 bits per heavy atom. The second-order valence-corrected chi connectivity index (χ2v) is 6.84. The van der Waals surface area contributed by atoms with Crippen LogP contribution in [0.15, 0.2) is 12.7 Å². The quantitative estimate of drug-likeness (QED) is 0.626. The van der Waals surface area contributed by atoms with Gasteiger partial charge < -0.3 is 0 Å². The third kappa shape index (κ3) is 6.03. The van der Waals surface area contributed by atoms with Crippen LogP contribution in [-0.2, 0) is 10.8 Å². The zero-order chi connectivity index (χ0) is 10.5. The molecule has 0 aliphatic heterocycles. The summed E-state index contributed by atoms with van der Waals surface area (Å²) in [6, 6.07) is 0. The van der Waals surface area contributed by atoms with E-state index in [0.29, 0.717) is 5.92 Å². The average molecular weight is 202 g/mol. The highest BCUT2D eigenvalue weighted by Gasteiger charge is 2.20. The van der Waals surface area contributed by atoms with Crippen LogP contribution in [0.4, 0.5) is 0 Å². The van der Waals surface area contributed by atoms with E-state index in [2.05, 4.69) is 13.5 Å².